The maximum absolute atomic E-state index is 13.2. The van der Waals surface area contributed by atoms with Crippen molar-refractivity contribution in [2.75, 3.05) is 18.6 Å². The first-order valence-corrected chi connectivity index (χ1v) is 11.6. The zero-order chi connectivity index (χ0) is 22.6. The van der Waals surface area contributed by atoms with Gasteiger partial charge in [-0.2, -0.15) is 11.8 Å². The molecule has 0 spiro atoms. The molecule has 2 amide bonds. The average Bonchev–Trinajstić information content (AvgIpc) is 3.13. The molecule has 0 fully saturated rings. The summed E-state index contributed by atoms with van der Waals surface area (Å²) in [5.74, 6) is 0.844. The van der Waals surface area contributed by atoms with Crippen LogP contribution in [-0.2, 0) is 22.5 Å². The molecular formula is C22H28FN3O4S. The molecule has 0 bridgehead atoms. The second-order valence-electron chi connectivity index (χ2n) is 8.43. The normalized spacial score (nSPS) is 14.7. The predicted octanol–water partition coefficient (Wildman–Crippen LogP) is 4.01. The Balaban J connectivity index is 1.71. The van der Waals surface area contributed by atoms with Crippen LogP contribution in [0.15, 0.2) is 28.8 Å². The van der Waals surface area contributed by atoms with Gasteiger partial charge in [-0.1, -0.05) is 5.16 Å². The molecule has 9 heteroatoms. The first-order valence-electron chi connectivity index (χ1n) is 10.2. The van der Waals surface area contributed by atoms with Crippen molar-refractivity contribution in [1.82, 2.24) is 15.4 Å². The third-order valence-electron chi connectivity index (χ3n) is 4.86. The Kier molecular flexibility index (Phi) is 7.25. The van der Waals surface area contributed by atoms with Gasteiger partial charge in [-0.25, -0.2) is 9.18 Å². The number of benzene rings is 1. The van der Waals surface area contributed by atoms with E-state index < -0.39 is 17.7 Å². The number of rotatable bonds is 6. The Hall–Kier alpha value is -2.55. The molecule has 1 aromatic carbocycles. The maximum Gasteiger partial charge on any atom is 0.408 e. The second kappa shape index (κ2) is 9.72. The molecule has 0 aliphatic carbocycles. The first-order chi connectivity index (χ1) is 14.7. The van der Waals surface area contributed by atoms with Crippen molar-refractivity contribution in [3.63, 3.8) is 0 Å². The largest absolute Gasteiger partial charge is 0.444 e. The van der Waals surface area contributed by atoms with Crippen molar-refractivity contribution in [2.45, 2.75) is 51.8 Å². The van der Waals surface area contributed by atoms with Crippen LogP contribution in [0.4, 0.5) is 9.18 Å². The van der Waals surface area contributed by atoms with Crippen LogP contribution in [0.3, 0.4) is 0 Å². The van der Waals surface area contributed by atoms with Crippen LogP contribution < -0.4 is 5.32 Å². The number of amides is 2. The van der Waals surface area contributed by atoms with Crippen molar-refractivity contribution < 1.29 is 23.2 Å². The summed E-state index contributed by atoms with van der Waals surface area (Å²) < 4.78 is 24.1. The fraction of sp³-hybridized carbons (Fsp3) is 0.500. The fourth-order valence-electron chi connectivity index (χ4n) is 3.41. The van der Waals surface area contributed by atoms with Crippen molar-refractivity contribution >= 4 is 23.8 Å². The minimum absolute atomic E-state index is 0.170. The molecule has 1 aliphatic heterocycles. The smallest absolute Gasteiger partial charge is 0.408 e. The number of hydrogen-bond acceptors (Lipinski definition) is 6. The van der Waals surface area contributed by atoms with E-state index in [0.29, 0.717) is 37.4 Å². The summed E-state index contributed by atoms with van der Waals surface area (Å²) in [6.07, 6.45) is 2.42. The summed E-state index contributed by atoms with van der Waals surface area (Å²) in [5, 5.41) is 6.86. The van der Waals surface area contributed by atoms with Crippen molar-refractivity contribution in [3.05, 3.63) is 41.3 Å². The van der Waals surface area contributed by atoms with Crippen LogP contribution in [0.2, 0.25) is 0 Å². The Morgan fingerprint density at radius 2 is 2.03 bits per heavy atom. The zero-order valence-electron chi connectivity index (χ0n) is 18.2. The molecule has 0 radical (unpaired) electrons. The van der Waals surface area contributed by atoms with E-state index in [1.807, 2.05) is 6.26 Å². The van der Waals surface area contributed by atoms with Gasteiger partial charge in [0.25, 0.3) is 0 Å². The Bertz CT molecular complexity index is 924. The molecule has 2 heterocycles. The molecule has 7 nitrogen and oxygen atoms in total. The summed E-state index contributed by atoms with van der Waals surface area (Å²) in [6, 6.07) is 5.38. The van der Waals surface area contributed by atoms with Crippen molar-refractivity contribution in [1.29, 1.82) is 0 Å². The molecule has 1 unspecified atom stereocenters. The van der Waals surface area contributed by atoms with E-state index in [0.717, 1.165) is 16.9 Å². The van der Waals surface area contributed by atoms with Crippen LogP contribution in [0.1, 0.15) is 38.4 Å². The molecular weight excluding hydrogens is 421 g/mol. The highest BCUT2D eigenvalue weighted by Gasteiger charge is 2.32. The van der Waals surface area contributed by atoms with Crippen LogP contribution >= 0.6 is 11.8 Å². The van der Waals surface area contributed by atoms with E-state index in [-0.39, 0.29) is 11.7 Å². The number of ether oxygens (including phenoxy) is 1. The number of fused-ring (bicyclic) bond motifs is 1. The van der Waals surface area contributed by atoms with Crippen molar-refractivity contribution in [3.8, 4) is 11.3 Å². The third-order valence-corrected chi connectivity index (χ3v) is 5.50. The SMILES string of the molecule is CSCCC(NC(=O)OC(C)(C)C)C(=O)N1CCc2c(noc2-c2ccc(F)cc2)C1. The number of thioether (sulfide) groups is 1. The Labute approximate surface area is 185 Å². The molecule has 31 heavy (non-hydrogen) atoms. The van der Waals surface area contributed by atoms with Crippen LogP contribution in [0.5, 0.6) is 0 Å². The highest BCUT2D eigenvalue weighted by molar-refractivity contribution is 7.98. The number of alkyl carbamates (subject to hydrolysis) is 1. The molecule has 168 valence electrons. The van der Waals surface area contributed by atoms with Gasteiger partial charge in [0.05, 0.1) is 6.54 Å². The van der Waals surface area contributed by atoms with Gasteiger partial charge < -0.3 is 19.5 Å². The number of aromatic nitrogens is 1. The van der Waals surface area contributed by atoms with Gasteiger partial charge in [-0.05, 0) is 69.9 Å². The highest BCUT2D eigenvalue weighted by Crippen LogP contribution is 2.30. The summed E-state index contributed by atoms with van der Waals surface area (Å²) >= 11 is 1.61. The number of halogens is 1. The molecule has 0 saturated carbocycles. The van der Waals surface area contributed by atoms with Gasteiger partial charge in [0, 0.05) is 17.7 Å². The third kappa shape index (κ3) is 6.00. The molecule has 1 aliphatic rings. The monoisotopic (exact) mass is 449 g/mol. The van der Waals surface area contributed by atoms with E-state index in [4.69, 9.17) is 9.26 Å². The topological polar surface area (TPSA) is 84.7 Å². The lowest BCUT2D eigenvalue weighted by Gasteiger charge is -2.30. The lowest BCUT2D eigenvalue weighted by atomic mass is 10.00. The minimum atomic E-state index is -0.674. The lowest BCUT2D eigenvalue weighted by molar-refractivity contribution is -0.134. The fourth-order valence-corrected chi connectivity index (χ4v) is 3.88. The van der Waals surface area contributed by atoms with Crippen LogP contribution in [0, 0.1) is 5.82 Å². The van der Waals surface area contributed by atoms with Crippen LogP contribution in [0.25, 0.3) is 11.3 Å². The quantitative estimate of drug-likeness (QED) is 0.717. The lowest BCUT2D eigenvalue weighted by Crippen LogP contribution is -2.51. The number of hydrogen-bond donors (Lipinski definition) is 1. The van der Waals surface area contributed by atoms with Crippen LogP contribution in [-0.4, -0.2) is 52.3 Å². The highest BCUT2D eigenvalue weighted by atomic mass is 32.2. The van der Waals surface area contributed by atoms with Gasteiger partial charge in [0.2, 0.25) is 5.91 Å². The van der Waals surface area contributed by atoms with E-state index in [9.17, 15) is 14.0 Å². The van der Waals surface area contributed by atoms with Gasteiger partial charge in [-0.15, -0.1) is 0 Å². The van der Waals surface area contributed by atoms with Gasteiger partial charge in [0.1, 0.15) is 23.2 Å². The van der Waals surface area contributed by atoms with E-state index in [1.165, 1.54) is 12.1 Å². The van der Waals surface area contributed by atoms with Crippen molar-refractivity contribution in [2.24, 2.45) is 0 Å². The number of carbonyl (C=O) groups is 2. The summed E-state index contributed by atoms with van der Waals surface area (Å²) in [5.41, 5.74) is 1.71. The standard InChI is InChI=1S/C22H28FN3O4S/c1-22(2,3)29-21(28)24-17(10-12-31-4)20(27)26-11-9-16-18(13-26)25-30-19(16)14-5-7-15(23)8-6-14/h5-8,17H,9-13H2,1-4H3,(H,24,28). The number of nitrogens with one attached hydrogen (secondary N) is 1. The first kappa shape index (κ1) is 23.1. The molecule has 1 N–H and O–H groups in total. The minimum Gasteiger partial charge on any atom is -0.444 e. The summed E-state index contributed by atoms with van der Waals surface area (Å²) in [6.45, 7) is 6.11. The summed E-state index contributed by atoms with van der Waals surface area (Å²) in [4.78, 5) is 27.1. The van der Waals surface area contributed by atoms with Gasteiger partial charge in [-0.3, -0.25) is 4.79 Å². The zero-order valence-corrected chi connectivity index (χ0v) is 19.1. The Morgan fingerprint density at radius 1 is 1.32 bits per heavy atom. The molecule has 0 saturated heterocycles. The molecule has 1 aromatic heterocycles. The molecule has 3 rings (SSSR count). The summed E-state index contributed by atoms with van der Waals surface area (Å²) in [7, 11) is 0. The number of carbonyl (C=O) groups excluding carboxylic acids is 2. The molecule has 2 aromatic rings. The van der Waals surface area contributed by atoms with E-state index in [2.05, 4.69) is 10.5 Å². The number of nitrogens with zero attached hydrogens (tertiary/aromatic N) is 2. The predicted molar refractivity (Wildman–Crippen MR) is 117 cm³/mol. The van der Waals surface area contributed by atoms with Gasteiger partial charge >= 0.3 is 6.09 Å². The Morgan fingerprint density at radius 3 is 2.68 bits per heavy atom. The van der Waals surface area contributed by atoms with E-state index >= 15 is 0 Å². The maximum atomic E-state index is 13.2. The van der Waals surface area contributed by atoms with E-state index in [1.54, 1.807) is 49.6 Å². The van der Waals surface area contributed by atoms with Gasteiger partial charge in [0.15, 0.2) is 5.76 Å². The molecule has 1 atom stereocenters. The average molecular weight is 450 g/mol. The second-order valence-corrected chi connectivity index (χ2v) is 9.42.